The third-order valence-corrected chi connectivity index (χ3v) is 7.96. The topological polar surface area (TPSA) is 80.3 Å². The number of sulfone groups is 1. The molecule has 18 heavy (non-hydrogen) atoms. The van der Waals surface area contributed by atoms with Crippen molar-refractivity contribution in [1.82, 2.24) is 4.72 Å². The monoisotopic (exact) mass is 329 g/mol. The summed E-state index contributed by atoms with van der Waals surface area (Å²) in [5.41, 5.74) is -0.936. The van der Waals surface area contributed by atoms with Crippen LogP contribution in [0.4, 0.5) is 0 Å². The van der Waals surface area contributed by atoms with Crippen LogP contribution in [0.2, 0.25) is 4.34 Å². The van der Waals surface area contributed by atoms with Crippen molar-refractivity contribution in [2.45, 2.75) is 23.1 Å². The molecule has 0 bridgehead atoms. The zero-order valence-electron chi connectivity index (χ0n) is 9.51. The van der Waals surface area contributed by atoms with Crippen LogP contribution in [-0.4, -0.2) is 33.9 Å². The summed E-state index contributed by atoms with van der Waals surface area (Å²) in [4.78, 5) is 0. The van der Waals surface area contributed by atoms with E-state index >= 15 is 0 Å². The minimum atomic E-state index is -3.71. The van der Waals surface area contributed by atoms with E-state index in [0.717, 1.165) is 11.3 Å². The van der Waals surface area contributed by atoms with Crippen molar-refractivity contribution in [2.75, 3.05) is 11.5 Å². The summed E-state index contributed by atoms with van der Waals surface area (Å²) in [5.74, 6) is -0.157. The third kappa shape index (κ3) is 3.05. The Morgan fingerprint density at radius 3 is 2.56 bits per heavy atom. The maximum absolute atomic E-state index is 12.1. The predicted octanol–water partition coefficient (Wildman–Crippen LogP) is 1.26. The van der Waals surface area contributed by atoms with Crippen LogP contribution in [0.5, 0.6) is 0 Å². The van der Waals surface area contributed by atoms with E-state index in [2.05, 4.69) is 4.72 Å². The van der Waals surface area contributed by atoms with Crippen molar-refractivity contribution >= 4 is 42.8 Å². The van der Waals surface area contributed by atoms with Gasteiger partial charge in [0.1, 0.15) is 4.21 Å². The first-order chi connectivity index (χ1) is 8.12. The molecule has 102 valence electrons. The highest BCUT2D eigenvalue weighted by molar-refractivity contribution is 7.92. The van der Waals surface area contributed by atoms with Gasteiger partial charge in [-0.25, -0.2) is 21.6 Å². The molecule has 1 aliphatic rings. The summed E-state index contributed by atoms with van der Waals surface area (Å²) in [6.45, 7) is 1.60. The van der Waals surface area contributed by atoms with Crippen molar-refractivity contribution in [3.8, 4) is 0 Å². The second-order valence-corrected chi connectivity index (χ2v) is 10.4. The molecule has 1 unspecified atom stereocenters. The molecule has 2 rings (SSSR count). The van der Waals surface area contributed by atoms with Crippen molar-refractivity contribution in [3.05, 3.63) is 16.5 Å². The lowest BCUT2D eigenvalue weighted by atomic mass is 10.0. The SMILES string of the molecule is CC1(NS(=O)(=O)c2ccc(Cl)s2)CCS(=O)(=O)C1. The van der Waals surface area contributed by atoms with Gasteiger partial charge in [0.25, 0.3) is 10.0 Å². The van der Waals surface area contributed by atoms with Crippen LogP contribution >= 0.6 is 22.9 Å². The standard InChI is InChI=1S/C9H12ClNO4S3/c1-9(4-5-17(12,13)6-9)11-18(14,15)8-3-2-7(10)16-8/h2-3,11H,4-6H2,1H3. The summed E-state index contributed by atoms with van der Waals surface area (Å²) in [6.07, 6.45) is 0.285. The molecule has 0 saturated carbocycles. The van der Waals surface area contributed by atoms with E-state index in [1.807, 2.05) is 0 Å². The fourth-order valence-electron chi connectivity index (χ4n) is 1.91. The fourth-order valence-corrected chi connectivity index (χ4v) is 7.01. The molecule has 0 radical (unpaired) electrons. The maximum Gasteiger partial charge on any atom is 0.250 e. The number of hydrogen-bond acceptors (Lipinski definition) is 5. The molecule has 1 aromatic rings. The lowest BCUT2D eigenvalue weighted by Crippen LogP contribution is -2.46. The number of rotatable bonds is 3. The van der Waals surface area contributed by atoms with E-state index in [-0.39, 0.29) is 22.1 Å². The van der Waals surface area contributed by atoms with Crippen molar-refractivity contribution < 1.29 is 16.8 Å². The van der Waals surface area contributed by atoms with Gasteiger partial charge in [0.2, 0.25) is 0 Å². The van der Waals surface area contributed by atoms with Gasteiger partial charge in [0, 0.05) is 5.54 Å². The van der Waals surface area contributed by atoms with Gasteiger partial charge < -0.3 is 0 Å². The Bertz CT molecular complexity index is 664. The molecule has 1 aliphatic heterocycles. The van der Waals surface area contributed by atoms with Gasteiger partial charge in [-0.15, -0.1) is 11.3 Å². The van der Waals surface area contributed by atoms with Crippen LogP contribution in [0.1, 0.15) is 13.3 Å². The van der Waals surface area contributed by atoms with Crippen LogP contribution < -0.4 is 4.72 Å². The van der Waals surface area contributed by atoms with Crippen LogP contribution in [0.15, 0.2) is 16.3 Å². The minimum Gasteiger partial charge on any atom is -0.229 e. The molecule has 1 aromatic heterocycles. The Balaban J connectivity index is 2.24. The third-order valence-electron chi connectivity index (χ3n) is 2.70. The zero-order chi connectivity index (χ0) is 13.6. The molecule has 1 N–H and O–H groups in total. The smallest absolute Gasteiger partial charge is 0.229 e. The molecular weight excluding hydrogens is 318 g/mol. The first-order valence-electron chi connectivity index (χ1n) is 5.12. The first-order valence-corrected chi connectivity index (χ1v) is 9.62. The predicted molar refractivity (Wildman–Crippen MR) is 71.3 cm³/mol. The summed E-state index contributed by atoms with van der Waals surface area (Å²) in [7, 11) is -6.86. The summed E-state index contributed by atoms with van der Waals surface area (Å²) < 4.78 is 49.9. The van der Waals surface area contributed by atoms with Crippen LogP contribution in [0.3, 0.4) is 0 Å². The number of sulfonamides is 1. The molecule has 5 nitrogen and oxygen atoms in total. The van der Waals surface area contributed by atoms with Gasteiger partial charge in [0.15, 0.2) is 9.84 Å². The molecule has 0 spiro atoms. The van der Waals surface area contributed by atoms with Crippen LogP contribution in [-0.2, 0) is 19.9 Å². The van der Waals surface area contributed by atoms with E-state index in [1.54, 1.807) is 6.92 Å². The lowest BCUT2D eigenvalue weighted by molar-refractivity contribution is 0.462. The average molecular weight is 330 g/mol. The van der Waals surface area contributed by atoms with Gasteiger partial charge >= 0.3 is 0 Å². The Labute approximate surface area is 115 Å². The molecular formula is C9H12ClNO4S3. The Hall–Kier alpha value is -0.150. The second kappa shape index (κ2) is 4.45. The molecule has 1 saturated heterocycles. The largest absolute Gasteiger partial charge is 0.250 e. The number of halogens is 1. The molecule has 1 atom stereocenters. The van der Waals surface area contributed by atoms with Crippen LogP contribution in [0, 0.1) is 0 Å². The van der Waals surface area contributed by atoms with E-state index < -0.39 is 25.4 Å². The normalized spacial score (nSPS) is 27.4. The van der Waals surface area contributed by atoms with Gasteiger partial charge in [-0.05, 0) is 25.5 Å². The van der Waals surface area contributed by atoms with Crippen molar-refractivity contribution in [2.24, 2.45) is 0 Å². The zero-order valence-corrected chi connectivity index (χ0v) is 12.7. The van der Waals surface area contributed by atoms with Gasteiger partial charge in [-0.1, -0.05) is 11.6 Å². The Kier molecular flexibility index (Phi) is 3.52. The summed E-state index contributed by atoms with van der Waals surface area (Å²) in [6, 6.07) is 2.90. The molecule has 0 aliphatic carbocycles. The van der Waals surface area contributed by atoms with Crippen molar-refractivity contribution in [1.29, 1.82) is 0 Å². The van der Waals surface area contributed by atoms with Gasteiger partial charge in [-0.3, -0.25) is 0 Å². The van der Waals surface area contributed by atoms with Gasteiger partial charge in [-0.2, -0.15) is 0 Å². The Morgan fingerprint density at radius 1 is 1.44 bits per heavy atom. The second-order valence-electron chi connectivity index (χ2n) is 4.57. The molecule has 0 aromatic carbocycles. The molecule has 9 heteroatoms. The average Bonchev–Trinajstić information content (AvgIpc) is 2.70. The lowest BCUT2D eigenvalue weighted by Gasteiger charge is -2.22. The number of thiophene rings is 1. The fraction of sp³-hybridized carbons (Fsp3) is 0.556. The maximum atomic E-state index is 12.1. The minimum absolute atomic E-state index is 0.0111. The summed E-state index contributed by atoms with van der Waals surface area (Å²) in [5, 5.41) is 0. The van der Waals surface area contributed by atoms with E-state index in [0.29, 0.717) is 4.34 Å². The Morgan fingerprint density at radius 2 is 2.11 bits per heavy atom. The molecule has 2 heterocycles. The molecule has 1 fully saturated rings. The highest BCUT2D eigenvalue weighted by Gasteiger charge is 2.41. The van der Waals surface area contributed by atoms with E-state index in [1.165, 1.54) is 12.1 Å². The van der Waals surface area contributed by atoms with Crippen LogP contribution in [0.25, 0.3) is 0 Å². The quantitative estimate of drug-likeness (QED) is 0.905. The van der Waals surface area contributed by atoms with E-state index in [4.69, 9.17) is 11.6 Å². The first kappa shape index (κ1) is 14.3. The molecule has 0 amide bonds. The van der Waals surface area contributed by atoms with Gasteiger partial charge in [0.05, 0.1) is 15.8 Å². The number of hydrogen-bond donors (Lipinski definition) is 1. The van der Waals surface area contributed by atoms with Crippen molar-refractivity contribution in [3.63, 3.8) is 0 Å². The highest BCUT2D eigenvalue weighted by atomic mass is 35.5. The van der Waals surface area contributed by atoms with E-state index in [9.17, 15) is 16.8 Å². The highest BCUT2D eigenvalue weighted by Crippen LogP contribution is 2.29. The summed E-state index contributed by atoms with van der Waals surface area (Å²) >= 11 is 6.64. The number of nitrogens with one attached hydrogen (secondary N) is 1.